The third-order valence-electron chi connectivity index (χ3n) is 2.92. The van der Waals surface area contributed by atoms with E-state index in [4.69, 9.17) is 16.0 Å². The molecule has 3 rings (SSSR count). The molecular weight excluding hydrogens is 377 g/mol. The number of hydrogen-bond donors (Lipinski definition) is 0. The zero-order chi connectivity index (χ0) is 13.4. The summed E-state index contributed by atoms with van der Waals surface area (Å²) in [7, 11) is 0. The molecule has 0 fully saturated rings. The van der Waals surface area contributed by atoms with Crippen molar-refractivity contribution in [3.8, 4) is 0 Å². The maximum atomic E-state index is 11.9. The summed E-state index contributed by atoms with van der Waals surface area (Å²) in [5.74, 6) is -0.364. The highest BCUT2D eigenvalue weighted by Gasteiger charge is 2.11. The molecule has 0 aliphatic rings. The van der Waals surface area contributed by atoms with Crippen LogP contribution in [0, 0.1) is 3.57 Å². The van der Waals surface area contributed by atoms with Crippen LogP contribution in [0.4, 0.5) is 0 Å². The van der Waals surface area contributed by atoms with E-state index in [0.29, 0.717) is 17.2 Å². The standard InChI is InChI=1S/C14H9ClINO2/c15-11-4-2-1-3-9(11)8-17-12-6-5-10(16)7-13(12)19-14(17)18/h1-7H,8H2. The molecule has 1 aromatic heterocycles. The predicted octanol–water partition coefficient (Wildman–Crippen LogP) is 3.90. The van der Waals surface area contributed by atoms with Gasteiger partial charge in [0, 0.05) is 8.59 Å². The van der Waals surface area contributed by atoms with Gasteiger partial charge in [0.2, 0.25) is 0 Å². The first-order valence-corrected chi connectivity index (χ1v) is 7.13. The predicted molar refractivity (Wildman–Crippen MR) is 83.7 cm³/mol. The van der Waals surface area contributed by atoms with Gasteiger partial charge in [0.25, 0.3) is 0 Å². The molecule has 0 aliphatic heterocycles. The van der Waals surface area contributed by atoms with E-state index in [-0.39, 0.29) is 5.76 Å². The number of halogens is 2. The largest absolute Gasteiger partial charge is 0.420 e. The van der Waals surface area contributed by atoms with Gasteiger partial charge in [0.15, 0.2) is 5.58 Å². The van der Waals surface area contributed by atoms with Gasteiger partial charge in [0.05, 0.1) is 12.1 Å². The summed E-state index contributed by atoms with van der Waals surface area (Å²) in [6.45, 7) is 0.409. The van der Waals surface area contributed by atoms with Crippen molar-refractivity contribution in [2.75, 3.05) is 0 Å². The van der Waals surface area contributed by atoms with Crippen molar-refractivity contribution < 1.29 is 4.42 Å². The van der Waals surface area contributed by atoms with E-state index in [9.17, 15) is 4.79 Å². The Morgan fingerprint density at radius 3 is 2.79 bits per heavy atom. The van der Waals surface area contributed by atoms with Crippen LogP contribution in [0.25, 0.3) is 11.1 Å². The molecule has 0 unspecified atom stereocenters. The van der Waals surface area contributed by atoms with Crippen LogP contribution in [0.2, 0.25) is 5.02 Å². The molecule has 0 spiro atoms. The molecule has 96 valence electrons. The Bertz CT molecular complexity index is 807. The Morgan fingerprint density at radius 1 is 1.21 bits per heavy atom. The SMILES string of the molecule is O=c1oc2cc(I)ccc2n1Cc1ccccc1Cl. The van der Waals surface area contributed by atoms with Crippen LogP contribution < -0.4 is 5.76 Å². The van der Waals surface area contributed by atoms with Crippen LogP contribution >= 0.6 is 34.2 Å². The Balaban J connectivity index is 2.13. The summed E-state index contributed by atoms with van der Waals surface area (Å²) in [6, 6.07) is 13.2. The van der Waals surface area contributed by atoms with Crippen molar-refractivity contribution in [1.29, 1.82) is 0 Å². The number of aromatic nitrogens is 1. The summed E-state index contributed by atoms with van der Waals surface area (Å²) in [6.07, 6.45) is 0. The highest BCUT2D eigenvalue weighted by atomic mass is 127. The van der Waals surface area contributed by atoms with Crippen LogP contribution in [0.15, 0.2) is 51.7 Å². The van der Waals surface area contributed by atoms with E-state index in [2.05, 4.69) is 22.6 Å². The number of oxazole rings is 1. The van der Waals surface area contributed by atoms with Crippen molar-refractivity contribution in [1.82, 2.24) is 4.57 Å². The van der Waals surface area contributed by atoms with Gasteiger partial charge in [-0.05, 0) is 52.4 Å². The molecule has 0 N–H and O–H groups in total. The van der Waals surface area contributed by atoms with Gasteiger partial charge in [-0.3, -0.25) is 4.57 Å². The van der Waals surface area contributed by atoms with Gasteiger partial charge < -0.3 is 4.42 Å². The quantitative estimate of drug-likeness (QED) is 0.627. The summed E-state index contributed by atoms with van der Waals surface area (Å²) < 4.78 is 7.87. The lowest BCUT2D eigenvalue weighted by Crippen LogP contribution is -2.15. The summed E-state index contributed by atoms with van der Waals surface area (Å²) in [5, 5.41) is 0.647. The molecule has 3 nitrogen and oxygen atoms in total. The zero-order valence-corrected chi connectivity index (χ0v) is 12.7. The molecule has 0 saturated heterocycles. The molecule has 19 heavy (non-hydrogen) atoms. The third kappa shape index (κ3) is 2.42. The first-order chi connectivity index (χ1) is 9.15. The van der Waals surface area contributed by atoms with Crippen LogP contribution in [0.1, 0.15) is 5.56 Å². The number of fused-ring (bicyclic) bond motifs is 1. The lowest BCUT2D eigenvalue weighted by Gasteiger charge is -2.04. The minimum absolute atomic E-state index is 0.364. The van der Waals surface area contributed by atoms with Crippen LogP contribution in [0.3, 0.4) is 0 Å². The Morgan fingerprint density at radius 2 is 2.00 bits per heavy atom. The molecule has 0 radical (unpaired) electrons. The van der Waals surface area contributed by atoms with Gasteiger partial charge >= 0.3 is 5.76 Å². The number of nitrogens with zero attached hydrogens (tertiary/aromatic N) is 1. The Labute approximate surface area is 127 Å². The van der Waals surface area contributed by atoms with Crippen molar-refractivity contribution in [3.63, 3.8) is 0 Å². The van der Waals surface area contributed by atoms with E-state index in [0.717, 1.165) is 14.7 Å². The first kappa shape index (κ1) is 12.7. The average molecular weight is 386 g/mol. The fraction of sp³-hybridized carbons (Fsp3) is 0.0714. The third-order valence-corrected chi connectivity index (χ3v) is 3.96. The van der Waals surface area contributed by atoms with E-state index < -0.39 is 0 Å². The average Bonchev–Trinajstić information content (AvgIpc) is 2.68. The monoisotopic (exact) mass is 385 g/mol. The van der Waals surface area contributed by atoms with Gasteiger partial charge in [0.1, 0.15) is 0 Å². The van der Waals surface area contributed by atoms with E-state index >= 15 is 0 Å². The molecule has 0 atom stereocenters. The highest BCUT2D eigenvalue weighted by Crippen LogP contribution is 2.20. The molecule has 1 heterocycles. The normalized spacial score (nSPS) is 11.1. The number of rotatable bonds is 2. The minimum atomic E-state index is -0.364. The number of benzene rings is 2. The second-order valence-corrected chi connectivity index (χ2v) is 5.81. The molecule has 0 aliphatic carbocycles. The zero-order valence-electron chi connectivity index (χ0n) is 9.77. The van der Waals surface area contributed by atoms with Crippen LogP contribution in [0.5, 0.6) is 0 Å². The summed E-state index contributed by atoms with van der Waals surface area (Å²) in [5.41, 5.74) is 2.28. The smallest absolute Gasteiger partial charge is 0.408 e. The van der Waals surface area contributed by atoms with Crippen molar-refractivity contribution >= 4 is 45.3 Å². The van der Waals surface area contributed by atoms with E-state index in [1.807, 2.05) is 42.5 Å². The molecule has 0 bridgehead atoms. The van der Waals surface area contributed by atoms with Gasteiger partial charge in [-0.2, -0.15) is 0 Å². The van der Waals surface area contributed by atoms with Crippen molar-refractivity contribution in [3.05, 3.63) is 67.2 Å². The summed E-state index contributed by atoms with van der Waals surface area (Å²) in [4.78, 5) is 11.9. The molecule has 2 aromatic carbocycles. The Kier molecular flexibility index (Phi) is 3.36. The van der Waals surface area contributed by atoms with Crippen molar-refractivity contribution in [2.45, 2.75) is 6.54 Å². The first-order valence-electron chi connectivity index (χ1n) is 5.67. The highest BCUT2D eigenvalue weighted by molar-refractivity contribution is 14.1. The fourth-order valence-electron chi connectivity index (χ4n) is 1.99. The van der Waals surface area contributed by atoms with Gasteiger partial charge in [-0.25, -0.2) is 4.79 Å². The lowest BCUT2D eigenvalue weighted by molar-refractivity contribution is 0.517. The molecule has 3 aromatic rings. The van der Waals surface area contributed by atoms with Gasteiger partial charge in [-0.1, -0.05) is 29.8 Å². The van der Waals surface area contributed by atoms with Gasteiger partial charge in [-0.15, -0.1) is 0 Å². The maximum absolute atomic E-state index is 11.9. The lowest BCUT2D eigenvalue weighted by atomic mass is 10.2. The molecular formula is C14H9ClINO2. The van der Waals surface area contributed by atoms with Crippen LogP contribution in [-0.2, 0) is 6.54 Å². The topological polar surface area (TPSA) is 35.1 Å². The fourth-order valence-corrected chi connectivity index (χ4v) is 2.65. The van der Waals surface area contributed by atoms with E-state index in [1.54, 1.807) is 4.57 Å². The van der Waals surface area contributed by atoms with Crippen molar-refractivity contribution in [2.24, 2.45) is 0 Å². The Hall–Kier alpha value is -1.27. The van der Waals surface area contributed by atoms with Crippen LogP contribution in [-0.4, -0.2) is 4.57 Å². The second-order valence-electron chi connectivity index (χ2n) is 4.16. The maximum Gasteiger partial charge on any atom is 0.420 e. The molecule has 5 heteroatoms. The molecule has 0 amide bonds. The summed E-state index contributed by atoms with van der Waals surface area (Å²) >= 11 is 8.31. The minimum Gasteiger partial charge on any atom is -0.408 e. The number of hydrogen-bond acceptors (Lipinski definition) is 2. The molecule has 0 saturated carbocycles. The van der Waals surface area contributed by atoms with E-state index in [1.165, 1.54) is 0 Å². The second kappa shape index (κ2) is 5.02.